The van der Waals surface area contributed by atoms with Crippen LogP contribution in [0, 0.1) is 0 Å². The Kier molecular flexibility index (Phi) is 5.98. The van der Waals surface area contributed by atoms with Crippen LogP contribution in [0.25, 0.3) is 0 Å². The molecule has 0 fully saturated rings. The van der Waals surface area contributed by atoms with Gasteiger partial charge in [0.15, 0.2) is 0 Å². The van der Waals surface area contributed by atoms with E-state index in [2.05, 4.69) is 0 Å². The van der Waals surface area contributed by atoms with Gasteiger partial charge in [0, 0.05) is 11.1 Å². The highest BCUT2D eigenvalue weighted by molar-refractivity contribution is 6.78. The summed E-state index contributed by atoms with van der Waals surface area (Å²) in [4.78, 5) is 22.7. The number of benzene rings is 2. The molecule has 0 saturated carbocycles. The number of hydrogen-bond acceptors (Lipinski definition) is 5. The van der Waals surface area contributed by atoms with E-state index in [1.807, 2.05) is 0 Å². The Bertz CT molecular complexity index is 679. The minimum absolute atomic E-state index is 0.0515. The van der Waals surface area contributed by atoms with Gasteiger partial charge in [0.25, 0.3) is 10.5 Å². The maximum atomic E-state index is 11.3. The molecular weight excluding hydrogens is 341 g/mol. The van der Waals surface area contributed by atoms with Crippen LogP contribution < -0.4 is 10.9 Å². The second-order valence-electron chi connectivity index (χ2n) is 4.56. The van der Waals surface area contributed by atoms with Crippen molar-refractivity contribution in [3.63, 3.8) is 0 Å². The van der Waals surface area contributed by atoms with E-state index in [0.29, 0.717) is 0 Å². The molecule has 5 nitrogen and oxygen atoms in total. The van der Waals surface area contributed by atoms with Crippen molar-refractivity contribution in [3.8, 4) is 0 Å². The van der Waals surface area contributed by atoms with Gasteiger partial charge in [-0.2, -0.15) is 0 Å². The summed E-state index contributed by atoms with van der Waals surface area (Å²) >= 11 is 10.9. The number of hydrogen-bond donors (Lipinski definition) is 2. The lowest BCUT2D eigenvalue weighted by molar-refractivity contribution is 0.107. The fraction of sp³-hybridized carbons (Fsp3) is 0. The first kappa shape index (κ1) is 17.7. The first-order valence-electron chi connectivity index (χ1n) is 6.51. The third-order valence-electron chi connectivity index (χ3n) is 3.13. The maximum Gasteiger partial charge on any atom is 0.478 e. The van der Waals surface area contributed by atoms with Crippen molar-refractivity contribution in [2.75, 3.05) is 0 Å². The van der Waals surface area contributed by atoms with Crippen LogP contribution in [0.15, 0.2) is 48.5 Å². The van der Waals surface area contributed by atoms with Crippen LogP contribution in [-0.2, 0) is 4.57 Å². The molecule has 2 rings (SSSR count). The van der Waals surface area contributed by atoms with Crippen LogP contribution in [0.2, 0.25) is 0 Å². The van der Waals surface area contributed by atoms with Crippen molar-refractivity contribution >= 4 is 58.8 Å². The van der Waals surface area contributed by atoms with E-state index in [4.69, 9.17) is 27.8 Å². The molecule has 0 bridgehead atoms. The molecule has 0 heterocycles. The molecule has 0 atom stereocenters. The van der Waals surface area contributed by atoms with E-state index < -0.39 is 24.7 Å². The summed E-state index contributed by atoms with van der Waals surface area (Å²) in [7, 11) is -3.25. The van der Waals surface area contributed by atoms with E-state index in [0.717, 1.165) is 0 Å². The van der Waals surface area contributed by atoms with E-state index in [1.165, 1.54) is 24.3 Å². The average Bonchev–Trinajstić information content (AvgIpc) is 2.54. The molecule has 0 aliphatic carbocycles. The number of halogens is 2. The lowest BCUT2D eigenvalue weighted by Crippen LogP contribution is -2.47. The molecule has 9 heteroatoms. The Morgan fingerprint density at radius 2 is 1.13 bits per heavy atom. The average molecular weight is 351 g/mol. The number of rotatable bonds is 6. The quantitative estimate of drug-likeness (QED) is 0.587. The van der Waals surface area contributed by atoms with Gasteiger partial charge in [-0.1, -0.05) is 48.5 Å². The number of carbonyl (C=O) groups is 2. The molecular formula is C14H10B2Cl2O5. The predicted octanol–water partition coefficient (Wildman–Crippen LogP) is 0.536. The monoisotopic (exact) mass is 350 g/mol. The zero-order valence-corrected chi connectivity index (χ0v) is 13.2. The van der Waals surface area contributed by atoms with Crippen molar-refractivity contribution in [1.82, 2.24) is 0 Å². The lowest BCUT2D eigenvalue weighted by Gasteiger charge is -2.15. The molecule has 0 aliphatic rings. The minimum Gasteiger partial charge on any atom is -0.443 e. The molecule has 0 aliphatic heterocycles. The largest absolute Gasteiger partial charge is 0.478 e. The van der Waals surface area contributed by atoms with Crippen molar-refractivity contribution in [3.05, 3.63) is 59.7 Å². The van der Waals surface area contributed by atoms with Gasteiger partial charge >= 0.3 is 14.2 Å². The SMILES string of the molecule is O=C(Cl)c1ccccc1B(O)OB(O)c1ccccc1C(=O)Cl. The normalized spacial score (nSPS) is 10.3. The number of carbonyl (C=O) groups excluding carboxylic acids is 2. The summed E-state index contributed by atoms with van der Waals surface area (Å²) in [6.07, 6.45) is 0. The Balaban J connectivity index is 2.26. The second kappa shape index (κ2) is 7.77. The Morgan fingerprint density at radius 1 is 0.783 bits per heavy atom. The van der Waals surface area contributed by atoms with Crippen LogP contribution in [0.5, 0.6) is 0 Å². The van der Waals surface area contributed by atoms with Crippen molar-refractivity contribution in [1.29, 1.82) is 0 Å². The summed E-state index contributed by atoms with van der Waals surface area (Å²) in [6, 6.07) is 12.0. The van der Waals surface area contributed by atoms with Crippen LogP contribution in [0.1, 0.15) is 20.7 Å². The van der Waals surface area contributed by atoms with Crippen molar-refractivity contribution in [2.45, 2.75) is 0 Å². The highest BCUT2D eigenvalue weighted by Gasteiger charge is 2.30. The van der Waals surface area contributed by atoms with Gasteiger partial charge in [0.1, 0.15) is 0 Å². The van der Waals surface area contributed by atoms with E-state index >= 15 is 0 Å². The van der Waals surface area contributed by atoms with Crippen LogP contribution >= 0.6 is 23.2 Å². The zero-order valence-electron chi connectivity index (χ0n) is 11.6. The fourth-order valence-corrected chi connectivity index (χ4v) is 2.40. The summed E-state index contributed by atoms with van der Waals surface area (Å²) in [5, 5.41) is 18.7. The Hall–Kier alpha value is -1.63. The van der Waals surface area contributed by atoms with E-state index in [-0.39, 0.29) is 22.1 Å². The second-order valence-corrected chi connectivity index (χ2v) is 5.25. The predicted molar refractivity (Wildman–Crippen MR) is 89.5 cm³/mol. The molecule has 0 amide bonds. The van der Waals surface area contributed by atoms with Gasteiger partial charge in [-0.05, 0) is 34.1 Å². The van der Waals surface area contributed by atoms with Gasteiger partial charge < -0.3 is 14.6 Å². The third kappa shape index (κ3) is 4.22. The maximum absolute atomic E-state index is 11.3. The van der Waals surface area contributed by atoms with Crippen molar-refractivity contribution < 1.29 is 24.2 Å². The zero-order chi connectivity index (χ0) is 17.0. The van der Waals surface area contributed by atoms with E-state index in [1.54, 1.807) is 24.3 Å². The summed E-state index contributed by atoms with van der Waals surface area (Å²) in [5.41, 5.74) is 0.300. The summed E-state index contributed by atoms with van der Waals surface area (Å²) in [6.45, 7) is 0. The molecule has 0 saturated heterocycles. The fourth-order valence-electron chi connectivity index (χ4n) is 2.05. The molecule has 0 radical (unpaired) electrons. The Labute approximate surface area is 143 Å². The molecule has 0 aromatic heterocycles. The minimum atomic E-state index is -1.62. The smallest absolute Gasteiger partial charge is 0.443 e. The van der Waals surface area contributed by atoms with Crippen LogP contribution in [-0.4, -0.2) is 34.8 Å². The highest BCUT2D eigenvalue weighted by atomic mass is 35.5. The van der Waals surface area contributed by atoms with Crippen molar-refractivity contribution in [2.24, 2.45) is 0 Å². The van der Waals surface area contributed by atoms with Crippen LogP contribution in [0.3, 0.4) is 0 Å². The molecule has 2 aromatic carbocycles. The van der Waals surface area contributed by atoms with Gasteiger partial charge in [0.2, 0.25) is 0 Å². The van der Waals surface area contributed by atoms with E-state index in [9.17, 15) is 19.6 Å². The first-order chi connectivity index (χ1) is 10.9. The molecule has 2 N–H and O–H groups in total. The lowest BCUT2D eigenvalue weighted by atomic mass is 9.69. The molecule has 0 unspecified atom stereocenters. The summed E-state index contributed by atoms with van der Waals surface area (Å²) in [5.74, 6) is 0. The highest BCUT2D eigenvalue weighted by Crippen LogP contribution is 2.06. The summed E-state index contributed by atoms with van der Waals surface area (Å²) < 4.78 is 5.09. The topological polar surface area (TPSA) is 83.8 Å². The molecule has 2 aromatic rings. The molecule has 0 spiro atoms. The standard InChI is InChI=1S/C14H10B2Cl2O5/c17-13(19)9-5-1-3-7-11(9)15(21)23-16(22)12-8-4-2-6-10(12)14(18)20/h1-8,21-22H. The Morgan fingerprint density at radius 3 is 1.48 bits per heavy atom. The van der Waals surface area contributed by atoms with Gasteiger partial charge in [-0.3, -0.25) is 9.59 Å². The van der Waals surface area contributed by atoms with Crippen LogP contribution in [0.4, 0.5) is 0 Å². The van der Waals surface area contributed by atoms with Gasteiger partial charge in [0.05, 0.1) is 0 Å². The third-order valence-corrected chi connectivity index (χ3v) is 3.54. The van der Waals surface area contributed by atoms with Gasteiger partial charge in [-0.15, -0.1) is 0 Å². The molecule has 23 heavy (non-hydrogen) atoms. The molecule has 116 valence electrons. The first-order valence-corrected chi connectivity index (χ1v) is 7.26. The van der Waals surface area contributed by atoms with Gasteiger partial charge in [-0.25, -0.2) is 0 Å².